The standard InChI is InChI=1S/C29H32BrClN2O4/c1-20(2)17-32-29(35)26(15-21-8-5-4-6-9-21)33(18-22-10-7-11-24(14-22)36-3)28(34)19-37-27-13-12-23(30)16-25(27)31/h4-14,16,20,26H,15,17-19H2,1-3H3,(H,32,35). The van der Waals surface area contributed by atoms with E-state index in [1.165, 1.54) is 0 Å². The third-order valence-corrected chi connectivity index (χ3v) is 6.48. The van der Waals surface area contributed by atoms with Gasteiger partial charge in [0.15, 0.2) is 6.61 Å². The molecule has 0 aliphatic carbocycles. The topological polar surface area (TPSA) is 67.9 Å². The van der Waals surface area contributed by atoms with Crippen LogP contribution in [0.5, 0.6) is 11.5 Å². The molecule has 0 aliphatic heterocycles. The Balaban J connectivity index is 1.92. The average molecular weight is 588 g/mol. The van der Waals surface area contributed by atoms with Gasteiger partial charge in [0.2, 0.25) is 5.91 Å². The fourth-order valence-electron chi connectivity index (χ4n) is 3.76. The molecule has 6 nitrogen and oxygen atoms in total. The van der Waals surface area contributed by atoms with Crippen molar-refractivity contribution in [3.63, 3.8) is 0 Å². The van der Waals surface area contributed by atoms with Crippen LogP contribution in [0, 0.1) is 5.92 Å². The summed E-state index contributed by atoms with van der Waals surface area (Å²) in [4.78, 5) is 28.7. The van der Waals surface area contributed by atoms with Crippen molar-refractivity contribution >= 4 is 39.3 Å². The van der Waals surface area contributed by atoms with Gasteiger partial charge in [0.05, 0.1) is 12.1 Å². The van der Waals surface area contributed by atoms with Crippen molar-refractivity contribution < 1.29 is 19.1 Å². The van der Waals surface area contributed by atoms with Gasteiger partial charge in [-0.25, -0.2) is 0 Å². The molecule has 2 amide bonds. The normalized spacial score (nSPS) is 11.6. The molecule has 196 valence electrons. The first kappa shape index (κ1) is 28.5. The molecule has 0 spiro atoms. The van der Waals surface area contributed by atoms with Gasteiger partial charge in [0.1, 0.15) is 17.5 Å². The second kappa shape index (κ2) is 14.1. The van der Waals surface area contributed by atoms with Crippen molar-refractivity contribution in [3.05, 3.63) is 93.4 Å². The minimum atomic E-state index is -0.746. The number of ether oxygens (including phenoxy) is 2. The monoisotopic (exact) mass is 586 g/mol. The van der Waals surface area contributed by atoms with E-state index in [1.54, 1.807) is 30.2 Å². The van der Waals surface area contributed by atoms with E-state index < -0.39 is 6.04 Å². The average Bonchev–Trinajstić information content (AvgIpc) is 2.89. The molecule has 0 bridgehead atoms. The van der Waals surface area contributed by atoms with Crippen LogP contribution < -0.4 is 14.8 Å². The quantitative estimate of drug-likeness (QED) is 0.286. The Kier molecular flexibility index (Phi) is 10.8. The van der Waals surface area contributed by atoms with Crippen molar-refractivity contribution in [3.8, 4) is 11.5 Å². The largest absolute Gasteiger partial charge is 0.497 e. The van der Waals surface area contributed by atoms with Gasteiger partial charge in [-0.1, -0.05) is 83.8 Å². The number of hydrogen-bond donors (Lipinski definition) is 1. The van der Waals surface area contributed by atoms with Crippen LogP contribution in [0.15, 0.2) is 77.3 Å². The first-order valence-electron chi connectivity index (χ1n) is 12.1. The van der Waals surface area contributed by atoms with E-state index in [1.807, 2.05) is 68.4 Å². The third-order valence-electron chi connectivity index (χ3n) is 5.69. The molecule has 3 rings (SSSR count). The fourth-order valence-corrected chi connectivity index (χ4v) is 4.49. The highest BCUT2D eigenvalue weighted by Crippen LogP contribution is 2.28. The Bertz CT molecular complexity index is 1190. The number of nitrogens with zero attached hydrogens (tertiary/aromatic N) is 1. The molecule has 0 heterocycles. The number of nitrogens with one attached hydrogen (secondary N) is 1. The van der Waals surface area contributed by atoms with Crippen molar-refractivity contribution in [2.24, 2.45) is 5.92 Å². The smallest absolute Gasteiger partial charge is 0.261 e. The van der Waals surface area contributed by atoms with Gasteiger partial charge in [0, 0.05) is 24.0 Å². The van der Waals surface area contributed by atoms with Crippen LogP contribution in [0.4, 0.5) is 0 Å². The predicted octanol–water partition coefficient (Wildman–Crippen LogP) is 5.90. The van der Waals surface area contributed by atoms with Gasteiger partial charge in [-0.3, -0.25) is 9.59 Å². The molecule has 0 aliphatic rings. The summed E-state index contributed by atoms with van der Waals surface area (Å²) in [6.07, 6.45) is 0.361. The van der Waals surface area contributed by atoms with Gasteiger partial charge in [-0.2, -0.15) is 0 Å². The summed E-state index contributed by atoms with van der Waals surface area (Å²) in [5, 5.41) is 3.40. The maximum Gasteiger partial charge on any atom is 0.261 e. The summed E-state index contributed by atoms with van der Waals surface area (Å²) in [6, 6.07) is 21.6. The van der Waals surface area contributed by atoms with Crippen molar-refractivity contribution in [1.29, 1.82) is 0 Å². The van der Waals surface area contributed by atoms with Gasteiger partial charge < -0.3 is 19.7 Å². The molecule has 0 saturated heterocycles. The van der Waals surface area contributed by atoms with Crippen molar-refractivity contribution in [1.82, 2.24) is 10.2 Å². The van der Waals surface area contributed by atoms with Crippen LogP contribution in [0.3, 0.4) is 0 Å². The highest BCUT2D eigenvalue weighted by molar-refractivity contribution is 9.10. The zero-order valence-corrected chi connectivity index (χ0v) is 23.6. The van der Waals surface area contributed by atoms with Crippen LogP contribution in [0.2, 0.25) is 5.02 Å². The molecule has 0 aromatic heterocycles. The highest BCUT2D eigenvalue weighted by Gasteiger charge is 2.31. The maximum atomic E-state index is 13.7. The van der Waals surface area contributed by atoms with E-state index in [9.17, 15) is 9.59 Å². The van der Waals surface area contributed by atoms with Crippen LogP contribution in [-0.2, 0) is 22.6 Å². The van der Waals surface area contributed by atoms with E-state index in [2.05, 4.69) is 21.2 Å². The zero-order chi connectivity index (χ0) is 26.8. The van der Waals surface area contributed by atoms with E-state index in [-0.39, 0.29) is 30.9 Å². The number of hydrogen-bond acceptors (Lipinski definition) is 4. The highest BCUT2D eigenvalue weighted by atomic mass is 79.9. The van der Waals surface area contributed by atoms with Crippen LogP contribution in [0.1, 0.15) is 25.0 Å². The number of halogens is 2. The number of methoxy groups -OCH3 is 1. The molecule has 0 saturated carbocycles. The molecule has 1 unspecified atom stereocenters. The third kappa shape index (κ3) is 8.79. The molecule has 0 radical (unpaired) electrons. The Morgan fingerprint density at radius 1 is 1.00 bits per heavy atom. The Hall–Kier alpha value is -3.03. The summed E-state index contributed by atoms with van der Waals surface area (Å²) >= 11 is 9.66. The van der Waals surface area contributed by atoms with Crippen LogP contribution in [-0.4, -0.2) is 43.0 Å². The first-order valence-corrected chi connectivity index (χ1v) is 13.3. The molecule has 1 N–H and O–H groups in total. The zero-order valence-electron chi connectivity index (χ0n) is 21.2. The van der Waals surface area contributed by atoms with E-state index in [4.69, 9.17) is 21.1 Å². The maximum absolute atomic E-state index is 13.7. The van der Waals surface area contributed by atoms with Crippen LogP contribution in [0.25, 0.3) is 0 Å². The molecular formula is C29H32BrClN2O4. The number of amides is 2. The minimum absolute atomic E-state index is 0.208. The second-order valence-electron chi connectivity index (χ2n) is 9.08. The predicted molar refractivity (Wildman–Crippen MR) is 150 cm³/mol. The molecule has 0 fully saturated rings. The first-order chi connectivity index (χ1) is 17.8. The molecule has 3 aromatic rings. The SMILES string of the molecule is COc1cccc(CN(C(=O)COc2ccc(Br)cc2Cl)C(Cc2ccccc2)C(=O)NCC(C)C)c1. The van der Waals surface area contributed by atoms with Gasteiger partial charge in [-0.15, -0.1) is 0 Å². The molecular weight excluding hydrogens is 556 g/mol. The number of benzene rings is 3. The van der Waals surface area contributed by atoms with E-state index in [0.29, 0.717) is 29.5 Å². The summed E-state index contributed by atoms with van der Waals surface area (Å²) < 4.78 is 12.0. The van der Waals surface area contributed by atoms with Crippen LogP contribution >= 0.6 is 27.5 Å². The number of carbonyl (C=O) groups is 2. The fraction of sp³-hybridized carbons (Fsp3) is 0.310. The molecule has 8 heteroatoms. The lowest BCUT2D eigenvalue weighted by Crippen LogP contribution is -2.52. The van der Waals surface area contributed by atoms with Crippen molar-refractivity contribution in [2.75, 3.05) is 20.3 Å². The Labute approximate surface area is 232 Å². The summed E-state index contributed by atoms with van der Waals surface area (Å²) in [5.74, 6) is 0.791. The Morgan fingerprint density at radius 3 is 2.41 bits per heavy atom. The molecule has 3 aromatic carbocycles. The Morgan fingerprint density at radius 2 is 1.73 bits per heavy atom. The second-order valence-corrected chi connectivity index (χ2v) is 10.4. The molecule has 37 heavy (non-hydrogen) atoms. The number of carbonyl (C=O) groups excluding carboxylic acids is 2. The van der Waals surface area contributed by atoms with E-state index in [0.717, 1.165) is 15.6 Å². The minimum Gasteiger partial charge on any atom is -0.497 e. The molecule has 1 atom stereocenters. The van der Waals surface area contributed by atoms with Gasteiger partial charge in [-0.05, 0) is 47.4 Å². The number of rotatable bonds is 12. The lowest BCUT2D eigenvalue weighted by molar-refractivity contribution is -0.142. The van der Waals surface area contributed by atoms with E-state index >= 15 is 0 Å². The summed E-state index contributed by atoms with van der Waals surface area (Å²) in [7, 11) is 1.59. The van der Waals surface area contributed by atoms with Gasteiger partial charge in [0.25, 0.3) is 5.91 Å². The summed E-state index contributed by atoms with van der Waals surface area (Å²) in [5.41, 5.74) is 1.79. The lowest BCUT2D eigenvalue weighted by atomic mass is 10.0. The van der Waals surface area contributed by atoms with Gasteiger partial charge >= 0.3 is 0 Å². The van der Waals surface area contributed by atoms with Crippen molar-refractivity contribution in [2.45, 2.75) is 32.9 Å². The summed E-state index contributed by atoms with van der Waals surface area (Å²) in [6.45, 7) is 4.51. The lowest BCUT2D eigenvalue weighted by Gasteiger charge is -2.32.